The number of halogens is 1. The largest absolute Gasteiger partial charge is 0.497 e. The van der Waals surface area contributed by atoms with E-state index in [1.165, 1.54) is 5.56 Å². The molecule has 132 valence electrons. The van der Waals surface area contributed by atoms with Gasteiger partial charge in [-0.05, 0) is 76.9 Å². The smallest absolute Gasteiger partial charge is 0.235 e. The van der Waals surface area contributed by atoms with E-state index >= 15 is 0 Å². The minimum Gasteiger partial charge on any atom is -0.497 e. The number of carbonyl (C=O) groups is 1. The molecule has 1 aliphatic carbocycles. The maximum absolute atomic E-state index is 13.2. The number of ether oxygens (including phenoxy) is 1. The second-order valence-electron chi connectivity index (χ2n) is 7.18. The van der Waals surface area contributed by atoms with Gasteiger partial charge in [0.25, 0.3) is 0 Å². The number of aromatic nitrogens is 2. The van der Waals surface area contributed by atoms with E-state index in [0.29, 0.717) is 0 Å². The number of nitrogens with one attached hydrogen (secondary N) is 1. The fourth-order valence-corrected chi connectivity index (χ4v) is 4.92. The van der Waals surface area contributed by atoms with Crippen LogP contribution in [0.1, 0.15) is 29.9 Å². The number of rotatable bonds is 3. The summed E-state index contributed by atoms with van der Waals surface area (Å²) < 4.78 is 6.46. The lowest BCUT2D eigenvalue weighted by Gasteiger charge is -2.23. The van der Waals surface area contributed by atoms with Crippen LogP contribution >= 0.6 is 22.6 Å². The van der Waals surface area contributed by atoms with E-state index in [1.54, 1.807) is 12.0 Å². The molecule has 5 rings (SSSR count). The van der Waals surface area contributed by atoms with Crippen molar-refractivity contribution in [3.8, 4) is 5.75 Å². The van der Waals surface area contributed by atoms with Gasteiger partial charge in [0.2, 0.25) is 5.91 Å². The lowest BCUT2D eigenvalue weighted by molar-refractivity contribution is -0.119. The van der Waals surface area contributed by atoms with Gasteiger partial charge in [-0.15, -0.1) is 0 Å². The average Bonchev–Trinajstić information content (AvgIpc) is 3.32. The summed E-state index contributed by atoms with van der Waals surface area (Å²) >= 11 is 2.26. The minimum atomic E-state index is -0.159. The third kappa shape index (κ3) is 2.08. The zero-order valence-electron chi connectivity index (χ0n) is 14.5. The van der Waals surface area contributed by atoms with Gasteiger partial charge in [-0.2, -0.15) is 5.10 Å². The Balaban J connectivity index is 1.65. The Bertz CT molecular complexity index is 1050. The third-order valence-electron chi connectivity index (χ3n) is 5.91. The number of likely N-dealkylation sites (N-methyl/N-ethyl adjacent to an activating group) is 1. The fraction of sp³-hybridized carbons (Fsp3) is 0.300. The standard InChI is InChI=1S/C20H18IN3O2/c1-24-16-6-4-12(26-2)10-14(16)17(19(24)25)20(7-8-20)11-3-5-13-15(9-11)22-23-18(13)21/h3-6,9-10,17H,7-8H2,1-2H3,(H,22,23)/t17-/m1/s1. The molecule has 1 aliphatic heterocycles. The molecule has 2 aliphatic rings. The summed E-state index contributed by atoms with van der Waals surface area (Å²) in [5.74, 6) is 0.806. The first-order valence-electron chi connectivity index (χ1n) is 8.65. The number of aromatic amines is 1. The Morgan fingerprint density at radius 1 is 1.27 bits per heavy atom. The van der Waals surface area contributed by atoms with Crippen LogP contribution in [0, 0.1) is 3.70 Å². The number of hydrogen-bond acceptors (Lipinski definition) is 3. The predicted molar refractivity (Wildman–Crippen MR) is 109 cm³/mol. The highest BCUT2D eigenvalue weighted by Gasteiger charge is 2.58. The summed E-state index contributed by atoms with van der Waals surface area (Å²) in [6, 6.07) is 12.4. The van der Waals surface area contributed by atoms with Crippen molar-refractivity contribution in [2.75, 3.05) is 19.1 Å². The Labute approximate surface area is 164 Å². The van der Waals surface area contributed by atoms with Crippen LogP contribution in [0.3, 0.4) is 0 Å². The first-order chi connectivity index (χ1) is 12.5. The van der Waals surface area contributed by atoms with Gasteiger partial charge in [0, 0.05) is 23.5 Å². The molecule has 0 unspecified atom stereocenters. The van der Waals surface area contributed by atoms with Crippen LogP contribution < -0.4 is 9.64 Å². The Hall–Kier alpha value is -2.09. The SMILES string of the molecule is COc1ccc2c(c1)[C@@H](C1(c3ccc4c(I)[nH]nc4c3)CC1)C(=O)N2C. The van der Waals surface area contributed by atoms with Gasteiger partial charge in [0.15, 0.2) is 0 Å². The van der Waals surface area contributed by atoms with E-state index < -0.39 is 0 Å². The van der Waals surface area contributed by atoms with E-state index in [9.17, 15) is 4.79 Å². The van der Waals surface area contributed by atoms with Crippen molar-refractivity contribution in [1.82, 2.24) is 10.2 Å². The summed E-state index contributed by atoms with van der Waals surface area (Å²) in [5, 5.41) is 8.57. The van der Waals surface area contributed by atoms with E-state index in [1.807, 2.05) is 25.2 Å². The first-order valence-corrected chi connectivity index (χ1v) is 9.73. The Kier molecular flexibility index (Phi) is 3.38. The van der Waals surface area contributed by atoms with Crippen LogP contribution in [-0.4, -0.2) is 30.3 Å². The number of benzene rings is 2. The molecule has 1 amide bonds. The summed E-state index contributed by atoms with van der Waals surface area (Å²) in [7, 11) is 3.53. The van der Waals surface area contributed by atoms with Crippen molar-refractivity contribution in [2.45, 2.75) is 24.2 Å². The Morgan fingerprint density at radius 3 is 2.81 bits per heavy atom. The zero-order valence-corrected chi connectivity index (χ0v) is 16.7. The highest BCUT2D eigenvalue weighted by atomic mass is 127. The number of amides is 1. The molecule has 5 nitrogen and oxygen atoms in total. The van der Waals surface area contributed by atoms with Crippen LogP contribution in [-0.2, 0) is 10.2 Å². The number of anilines is 1. The van der Waals surface area contributed by atoms with Crippen molar-refractivity contribution in [3.05, 3.63) is 51.2 Å². The minimum absolute atomic E-state index is 0.137. The number of carbonyl (C=O) groups excluding carboxylic acids is 1. The normalized spacial score (nSPS) is 20.5. The lowest BCUT2D eigenvalue weighted by Crippen LogP contribution is -2.30. The highest BCUT2D eigenvalue weighted by Crippen LogP contribution is 2.61. The fourth-order valence-electron chi connectivity index (χ4n) is 4.34. The molecule has 26 heavy (non-hydrogen) atoms. The molecule has 6 heteroatoms. The molecule has 1 N–H and O–H groups in total. The molecule has 0 radical (unpaired) electrons. The molecule has 2 aromatic carbocycles. The van der Waals surface area contributed by atoms with Crippen LogP contribution in [0.2, 0.25) is 0 Å². The van der Waals surface area contributed by atoms with Crippen molar-refractivity contribution in [3.63, 3.8) is 0 Å². The molecule has 0 bridgehead atoms. The van der Waals surface area contributed by atoms with Crippen LogP contribution in [0.5, 0.6) is 5.75 Å². The molecule has 3 aromatic rings. The molecule has 2 heterocycles. The van der Waals surface area contributed by atoms with Gasteiger partial charge in [-0.25, -0.2) is 0 Å². The van der Waals surface area contributed by atoms with Gasteiger partial charge in [-0.3, -0.25) is 9.89 Å². The Morgan fingerprint density at radius 2 is 2.08 bits per heavy atom. The van der Waals surface area contributed by atoms with Gasteiger partial charge in [0.05, 0.1) is 18.5 Å². The van der Waals surface area contributed by atoms with Crippen LogP contribution in [0.4, 0.5) is 5.69 Å². The molecule has 1 aromatic heterocycles. The quantitative estimate of drug-likeness (QED) is 0.604. The third-order valence-corrected chi connectivity index (χ3v) is 6.73. The molecule has 0 saturated heterocycles. The molecule has 1 saturated carbocycles. The number of nitrogens with zero attached hydrogens (tertiary/aromatic N) is 2. The summed E-state index contributed by atoms with van der Waals surface area (Å²) in [4.78, 5) is 14.9. The van der Waals surface area contributed by atoms with E-state index in [2.05, 4.69) is 51.0 Å². The summed E-state index contributed by atoms with van der Waals surface area (Å²) in [6.07, 6.45) is 2.03. The van der Waals surface area contributed by atoms with E-state index in [4.69, 9.17) is 4.74 Å². The molecule has 1 atom stereocenters. The van der Waals surface area contributed by atoms with Crippen LogP contribution in [0.15, 0.2) is 36.4 Å². The van der Waals surface area contributed by atoms with Gasteiger partial charge >= 0.3 is 0 Å². The highest BCUT2D eigenvalue weighted by molar-refractivity contribution is 14.1. The maximum atomic E-state index is 13.2. The van der Waals surface area contributed by atoms with Crippen LogP contribution in [0.25, 0.3) is 10.9 Å². The number of hydrogen-bond donors (Lipinski definition) is 1. The average molecular weight is 459 g/mol. The predicted octanol–water partition coefficient (Wildman–Crippen LogP) is 3.97. The lowest BCUT2D eigenvalue weighted by atomic mass is 9.79. The topological polar surface area (TPSA) is 58.2 Å². The second-order valence-corrected chi connectivity index (χ2v) is 8.26. The van der Waals surface area contributed by atoms with E-state index in [0.717, 1.165) is 44.4 Å². The van der Waals surface area contributed by atoms with Gasteiger partial charge < -0.3 is 9.64 Å². The summed E-state index contributed by atoms with van der Waals surface area (Å²) in [6.45, 7) is 0. The molecular weight excluding hydrogens is 441 g/mol. The van der Waals surface area contributed by atoms with Crippen molar-refractivity contribution >= 4 is 45.1 Å². The molecular formula is C20H18IN3O2. The zero-order chi connectivity index (χ0) is 18.1. The van der Waals surface area contributed by atoms with Crippen molar-refractivity contribution < 1.29 is 9.53 Å². The summed E-state index contributed by atoms with van der Waals surface area (Å²) in [5.41, 5.74) is 4.09. The number of methoxy groups -OCH3 is 1. The van der Waals surface area contributed by atoms with Gasteiger partial charge in [-0.1, -0.05) is 6.07 Å². The monoisotopic (exact) mass is 459 g/mol. The molecule has 0 spiro atoms. The second kappa shape index (κ2) is 5.45. The first kappa shape index (κ1) is 16.1. The van der Waals surface area contributed by atoms with E-state index in [-0.39, 0.29) is 17.2 Å². The maximum Gasteiger partial charge on any atom is 0.235 e. The van der Waals surface area contributed by atoms with Crippen molar-refractivity contribution in [1.29, 1.82) is 0 Å². The number of fused-ring (bicyclic) bond motifs is 2. The van der Waals surface area contributed by atoms with Gasteiger partial charge in [0.1, 0.15) is 9.45 Å². The molecule has 1 fully saturated rings. The van der Waals surface area contributed by atoms with Crippen molar-refractivity contribution in [2.24, 2.45) is 0 Å². The number of H-pyrrole nitrogens is 1.